The number of benzene rings is 1. The van der Waals surface area contributed by atoms with Crippen LogP contribution in [0.25, 0.3) is 11.5 Å². The molecule has 1 amide bonds. The number of hydrogen-bond donors (Lipinski definition) is 1. The van der Waals surface area contributed by atoms with Crippen LogP contribution in [0.3, 0.4) is 0 Å². The van der Waals surface area contributed by atoms with Crippen LogP contribution in [0.5, 0.6) is 0 Å². The number of para-hydroxylation sites is 1. The quantitative estimate of drug-likeness (QED) is 0.942. The highest BCUT2D eigenvalue weighted by molar-refractivity contribution is 5.90. The molecule has 0 saturated carbocycles. The van der Waals surface area contributed by atoms with Crippen molar-refractivity contribution in [2.45, 2.75) is 13.1 Å². The highest BCUT2D eigenvalue weighted by atomic mass is 19.4. The zero-order chi connectivity index (χ0) is 15.5. The predicted molar refractivity (Wildman–Crippen MR) is 65.5 cm³/mol. The third-order valence-electron chi connectivity index (χ3n) is 2.29. The minimum Gasteiger partial charge on any atom is -0.440 e. The predicted octanol–water partition coefficient (Wildman–Crippen LogP) is 3.16. The van der Waals surface area contributed by atoms with E-state index in [1.165, 1.54) is 6.07 Å². The van der Waals surface area contributed by atoms with Crippen molar-refractivity contribution in [2.24, 2.45) is 0 Å². The number of ether oxygens (including phenoxy) is 1. The lowest BCUT2D eigenvalue weighted by atomic mass is 10.2. The van der Waals surface area contributed by atoms with Gasteiger partial charge >= 0.3 is 12.3 Å². The number of carbonyl (C=O) groups excluding carboxylic acids is 1. The molecule has 0 spiro atoms. The number of halogens is 3. The Morgan fingerprint density at radius 2 is 2.10 bits per heavy atom. The van der Waals surface area contributed by atoms with E-state index in [-0.39, 0.29) is 11.6 Å². The highest BCUT2D eigenvalue weighted by Gasteiger charge is 2.29. The van der Waals surface area contributed by atoms with Gasteiger partial charge in [-0.2, -0.15) is 18.2 Å². The first-order valence-electron chi connectivity index (χ1n) is 5.75. The summed E-state index contributed by atoms with van der Waals surface area (Å²) in [6, 6.07) is 6.29. The first-order valence-corrected chi connectivity index (χ1v) is 5.75. The summed E-state index contributed by atoms with van der Waals surface area (Å²) in [5.74, 6) is 0.527. The second-order valence-corrected chi connectivity index (χ2v) is 4.01. The van der Waals surface area contributed by atoms with Crippen molar-refractivity contribution >= 4 is 11.8 Å². The smallest absolute Gasteiger partial charge is 0.422 e. The second kappa shape index (κ2) is 5.81. The Kier molecular flexibility index (Phi) is 4.10. The van der Waals surface area contributed by atoms with Gasteiger partial charge in [-0.25, -0.2) is 4.79 Å². The van der Waals surface area contributed by atoms with Gasteiger partial charge in [0.2, 0.25) is 0 Å². The summed E-state index contributed by atoms with van der Waals surface area (Å²) in [6.07, 6.45) is -5.81. The van der Waals surface area contributed by atoms with Crippen LogP contribution in [0.15, 0.2) is 28.8 Å². The van der Waals surface area contributed by atoms with Crippen molar-refractivity contribution in [3.8, 4) is 11.5 Å². The van der Waals surface area contributed by atoms with Crippen molar-refractivity contribution < 1.29 is 27.2 Å². The van der Waals surface area contributed by atoms with E-state index in [1.807, 2.05) is 0 Å². The van der Waals surface area contributed by atoms with Gasteiger partial charge in [0, 0.05) is 0 Å². The maximum Gasteiger partial charge on any atom is 0.422 e. The summed E-state index contributed by atoms with van der Waals surface area (Å²) < 4.78 is 44.9. The van der Waals surface area contributed by atoms with Crippen LogP contribution in [0.2, 0.25) is 0 Å². The summed E-state index contributed by atoms with van der Waals surface area (Å²) in [6.45, 7) is -0.0543. The molecule has 0 fully saturated rings. The van der Waals surface area contributed by atoms with E-state index >= 15 is 0 Å². The fourth-order valence-electron chi connectivity index (χ4n) is 1.48. The van der Waals surface area contributed by atoms with Crippen LogP contribution < -0.4 is 5.32 Å². The fourth-order valence-corrected chi connectivity index (χ4v) is 1.48. The molecule has 0 aliphatic rings. The molecule has 0 bridgehead atoms. The second-order valence-electron chi connectivity index (χ2n) is 4.01. The summed E-state index contributed by atoms with van der Waals surface area (Å²) in [5, 5.41) is 5.80. The van der Waals surface area contributed by atoms with E-state index < -0.39 is 18.9 Å². The number of nitrogens with one attached hydrogen (secondary N) is 1. The van der Waals surface area contributed by atoms with Crippen LogP contribution in [0, 0.1) is 6.92 Å². The molecule has 1 aromatic carbocycles. The van der Waals surface area contributed by atoms with Crippen LogP contribution >= 0.6 is 0 Å². The number of carbonyl (C=O) groups is 1. The molecular formula is C12H10F3N3O3. The number of aryl methyl sites for hydroxylation is 1. The first kappa shape index (κ1) is 14.8. The molecule has 0 aliphatic carbocycles. The zero-order valence-electron chi connectivity index (χ0n) is 10.8. The molecule has 112 valence electrons. The molecule has 21 heavy (non-hydrogen) atoms. The summed E-state index contributed by atoms with van der Waals surface area (Å²) in [7, 11) is 0. The Labute approximate surface area is 116 Å². The molecule has 0 radical (unpaired) electrons. The largest absolute Gasteiger partial charge is 0.440 e. The van der Waals surface area contributed by atoms with Crippen molar-refractivity contribution in [3.63, 3.8) is 0 Å². The molecule has 1 N–H and O–H groups in total. The van der Waals surface area contributed by atoms with E-state index in [2.05, 4.69) is 20.2 Å². The van der Waals surface area contributed by atoms with E-state index in [0.717, 1.165) is 0 Å². The number of rotatable bonds is 3. The lowest BCUT2D eigenvalue weighted by Crippen LogP contribution is -2.23. The zero-order valence-corrected chi connectivity index (χ0v) is 10.8. The van der Waals surface area contributed by atoms with Crippen molar-refractivity contribution in [2.75, 3.05) is 11.9 Å². The molecule has 2 rings (SSSR count). The third kappa shape index (κ3) is 4.20. The molecule has 0 saturated heterocycles. The van der Waals surface area contributed by atoms with Gasteiger partial charge in [0.1, 0.15) is 0 Å². The maximum atomic E-state index is 12.0. The van der Waals surface area contributed by atoms with E-state index in [9.17, 15) is 18.0 Å². The van der Waals surface area contributed by atoms with Gasteiger partial charge in [0.05, 0.1) is 11.3 Å². The minimum absolute atomic E-state index is 0.138. The van der Waals surface area contributed by atoms with E-state index in [0.29, 0.717) is 11.4 Å². The summed E-state index contributed by atoms with van der Waals surface area (Å²) >= 11 is 0. The average Bonchev–Trinajstić information content (AvgIpc) is 2.83. The van der Waals surface area contributed by atoms with Gasteiger partial charge in [0.15, 0.2) is 12.4 Å². The Balaban J connectivity index is 2.12. The molecule has 9 heteroatoms. The maximum absolute atomic E-state index is 12.0. The Morgan fingerprint density at radius 1 is 1.38 bits per heavy atom. The van der Waals surface area contributed by atoms with Crippen LogP contribution in [-0.4, -0.2) is 29.0 Å². The molecule has 0 unspecified atom stereocenters. The van der Waals surface area contributed by atoms with Gasteiger partial charge in [-0.15, -0.1) is 0 Å². The average molecular weight is 301 g/mol. The standard InChI is InChI=1S/C12H10F3N3O3/c1-7-16-10(21-18-7)8-4-2-3-5-9(8)17-11(19)20-6-12(13,14)15/h2-5H,6H2,1H3,(H,17,19). The molecule has 0 aliphatic heterocycles. The minimum atomic E-state index is -4.58. The van der Waals surface area contributed by atoms with E-state index in [4.69, 9.17) is 4.52 Å². The molecule has 2 aromatic rings. The SMILES string of the molecule is Cc1noc(-c2ccccc2NC(=O)OCC(F)(F)F)n1. The topological polar surface area (TPSA) is 77.2 Å². The Morgan fingerprint density at radius 3 is 2.71 bits per heavy atom. The lowest BCUT2D eigenvalue weighted by molar-refractivity contribution is -0.159. The number of anilines is 1. The highest BCUT2D eigenvalue weighted by Crippen LogP contribution is 2.26. The Bertz CT molecular complexity index is 640. The normalized spacial score (nSPS) is 11.2. The first-order chi connectivity index (χ1) is 9.85. The third-order valence-corrected chi connectivity index (χ3v) is 2.29. The van der Waals surface area contributed by atoms with Crippen molar-refractivity contribution in [3.05, 3.63) is 30.1 Å². The molecule has 1 aromatic heterocycles. The van der Waals surface area contributed by atoms with Crippen molar-refractivity contribution in [1.29, 1.82) is 0 Å². The number of amides is 1. The van der Waals surface area contributed by atoms with Gasteiger partial charge < -0.3 is 9.26 Å². The lowest BCUT2D eigenvalue weighted by Gasteiger charge is -2.10. The number of hydrogen-bond acceptors (Lipinski definition) is 5. The fraction of sp³-hybridized carbons (Fsp3) is 0.250. The van der Waals surface area contributed by atoms with Crippen molar-refractivity contribution in [1.82, 2.24) is 10.1 Å². The number of aromatic nitrogens is 2. The van der Waals surface area contributed by atoms with Gasteiger partial charge in [0.25, 0.3) is 5.89 Å². The number of nitrogens with zero attached hydrogens (tertiary/aromatic N) is 2. The molecule has 0 atom stereocenters. The summed E-state index contributed by atoms with van der Waals surface area (Å²) in [5.41, 5.74) is 0.579. The van der Waals surface area contributed by atoms with Crippen LogP contribution in [-0.2, 0) is 4.74 Å². The molecule has 6 nitrogen and oxygen atoms in total. The summed E-state index contributed by atoms with van der Waals surface area (Å²) in [4.78, 5) is 15.3. The van der Waals surface area contributed by atoms with Crippen LogP contribution in [0.4, 0.5) is 23.7 Å². The van der Waals surface area contributed by atoms with Gasteiger partial charge in [-0.05, 0) is 19.1 Å². The Hall–Kier alpha value is -2.58. The molecule has 1 heterocycles. The van der Waals surface area contributed by atoms with Gasteiger partial charge in [-0.1, -0.05) is 17.3 Å². The number of alkyl halides is 3. The molecular weight excluding hydrogens is 291 g/mol. The van der Waals surface area contributed by atoms with Crippen LogP contribution in [0.1, 0.15) is 5.82 Å². The van der Waals surface area contributed by atoms with Gasteiger partial charge in [-0.3, -0.25) is 5.32 Å². The monoisotopic (exact) mass is 301 g/mol. The van der Waals surface area contributed by atoms with E-state index in [1.54, 1.807) is 25.1 Å².